The molecule has 7 aromatic carbocycles. The highest BCUT2D eigenvalue weighted by molar-refractivity contribution is 5.19. The molecule has 11 heteroatoms. The Kier molecular flexibility index (Phi) is 19.9. The summed E-state index contributed by atoms with van der Waals surface area (Å²) >= 11 is 0. The van der Waals surface area contributed by atoms with Crippen molar-refractivity contribution in [2.75, 3.05) is 20.3 Å². The van der Waals surface area contributed by atoms with Gasteiger partial charge in [-0.2, -0.15) is 0 Å². The standard InChI is InChI=1S/C62H66O11/c1-63-61-59(69-42-51-33-19-7-20-34-51)58(68-41-50-31-17-6-18-32-50)56(54(72-61)44-64-37-46-23-9-2-10-24-46)73-62-60(70-43-52-35-21-8-22-36-52)57(67-40-49-29-15-5-16-30-49)55(66-39-48-27-13-4-14-28-48)53(45-71-62)65-38-47-25-11-3-12-26-47/h2-36,53-62H,37-45H2,1H3/t53-,54-,55+,56-,57-,58+,59-,60+,61+,62-/m1/s1. The molecule has 2 heterocycles. The van der Waals surface area contributed by atoms with Gasteiger partial charge in [-0.1, -0.05) is 212 Å². The first-order valence-corrected chi connectivity index (χ1v) is 25.2. The van der Waals surface area contributed by atoms with Crippen molar-refractivity contribution in [3.8, 4) is 0 Å². The monoisotopic (exact) mass is 986 g/mol. The Morgan fingerprint density at radius 3 is 1.04 bits per heavy atom. The number of rotatable bonds is 25. The molecule has 0 amide bonds. The maximum Gasteiger partial charge on any atom is 0.187 e. The molecule has 2 saturated heterocycles. The number of benzene rings is 7. The summed E-state index contributed by atoms with van der Waals surface area (Å²) in [5, 5.41) is 0. The molecule has 0 bridgehead atoms. The van der Waals surface area contributed by atoms with E-state index in [0.717, 1.165) is 38.9 Å². The number of ether oxygens (including phenoxy) is 11. The molecule has 0 N–H and O–H groups in total. The summed E-state index contributed by atoms with van der Waals surface area (Å²) in [6.07, 6.45) is -8.19. The maximum absolute atomic E-state index is 7.51. The molecular formula is C62H66O11. The second kappa shape index (κ2) is 28.0. The molecule has 10 atom stereocenters. The number of hydrogen-bond acceptors (Lipinski definition) is 11. The molecule has 2 aliphatic heterocycles. The van der Waals surface area contributed by atoms with Gasteiger partial charge in [0, 0.05) is 7.11 Å². The fraction of sp³-hybridized carbons (Fsp3) is 0.323. The molecule has 2 fully saturated rings. The molecule has 0 unspecified atom stereocenters. The Labute approximate surface area is 429 Å². The van der Waals surface area contributed by atoms with Gasteiger partial charge in [0.15, 0.2) is 12.6 Å². The molecule has 0 radical (unpaired) electrons. The van der Waals surface area contributed by atoms with E-state index in [9.17, 15) is 0 Å². The highest BCUT2D eigenvalue weighted by atomic mass is 16.8. The van der Waals surface area contributed by atoms with Crippen LogP contribution >= 0.6 is 0 Å². The molecule has 73 heavy (non-hydrogen) atoms. The molecule has 9 rings (SSSR count). The molecule has 11 nitrogen and oxygen atoms in total. The van der Waals surface area contributed by atoms with Gasteiger partial charge in [-0.3, -0.25) is 0 Å². The van der Waals surface area contributed by atoms with E-state index in [1.54, 1.807) is 7.11 Å². The molecule has 0 aromatic heterocycles. The third-order valence-corrected chi connectivity index (χ3v) is 12.9. The minimum atomic E-state index is -1.10. The zero-order valence-corrected chi connectivity index (χ0v) is 41.3. The Bertz CT molecular complexity index is 2560. The van der Waals surface area contributed by atoms with Crippen molar-refractivity contribution >= 4 is 0 Å². The van der Waals surface area contributed by atoms with Gasteiger partial charge >= 0.3 is 0 Å². The summed E-state index contributed by atoms with van der Waals surface area (Å²) in [7, 11) is 1.61. The van der Waals surface area contributed by atoms with E-state index in [1.165, 1.54) is 0 Å². The normalized spacial score (nSPS) is 24.2. The predicted octanol–water partition coefficient (Wildman–Crippen LogP) is 10.8. The van der Waals surface area contributed by atoms with Gasteiger partial charge in [0.25, 0.3) is 0 Å². The zero-order chi connectivity index (χ0) is 49.7. The first kappa shape index (κ1) is 52.0. The Balaban J connectivity index is 1.12. The number of hydrogen-bond donors (Lipinski definition) is 0. The summed E-state index contributed by atoms with van der Waals surface area (Å²) < 4.78 is 76.2. The van der Waals surface area contributed by atoms with Crippen LogP contribution in [0.3, 0.4) is 0 Å². The van der Waals surface area contributed by atoms with E-state index < -0.39 is 61.4 Å². The van der Waals surface area contributed by atoms with E-state index in [0.29, 0.717) is 13.2 Å². The van der Waals surface area contributed by atoms with Crippen molar-refractivity contribution < 1.29 is 52.1 Å². The van der Waals surface area contributed by atoms with Gasteiger partial charge in [-0.25, -0.2) is 0 Å². The Morgan fingerprint density at radius 2 is 0.658 bits per heavy atom. The topological polar surface area (TPSA) is 102 Å². The molecular weight excluding hydrogens is 921 g/mol. The van der Waals surface area contributed by atoms with Crippen LogP contribution in [0.1, 0.15) is 38.9 Å². The van der Waals surface area contributed by atoms with Crippen LogP contribution in [0.4, 0.5) is 0 Å². The lowest BCUT2D eigenvalue weighted by Crippen LogP contribution is -2.63. The van der Waals surface area contributed by atoms with Crippen molar-refractivity contribution in [1.29, 1.82) is 0 Å². The van der Waals surface area contributed by atoms with Crippen LogP contribution in [0, 0.1) is 0 Å². The summed E-state index contributed by atoms with van der Waals surface area (Å²) in [6.45, 7) is 2.09. The lowest BCUT2D eigenvalue weighted by Gasteiger charge is -2.47. The highest BCUT2D eigenvalue weighted by Gasteiger charge is 2.53. The van der Waals surface area contributed by atoms with Gasteiger partial charge in [-0.15, -0.1) is 0 Å². The van der Waals surface area contributed by atoms with Gasteiger partial charge in [0.1, 0.15) is 48.8 Å². The second-order valence-corrected chi connectivity index (χ2v) is 18.2. The SMILES string of the molecule is CO[C@H]1O[C@H](COCc2ccccc2)[C@@H](O[C@H]2OC[C@@H](OCc3ccccc3)[C@H](OCc3ccccc3)[C@@H](OCc3ccccc3)[C@@H]2OCc2ccccc2)[C@H](OCc2ccccc2)[C@H]1OCc1ccccc1. The van der Waals surface area contributed by atoms with E-state index in [-0.39, 0.29) is 46.2 Å². The van der Waals surface area contributed by atoms with Gasteiger partial charge in [0.05, 0.1) is 59.5 Å². The molecule has 0 saturated carbocycles. The van der Waals surface area contributed by atoms with E-state index in [1.807, 2.05) is 212 Å². The minimum Gasteiger partial charge on any atom is -0.374 e. The van der Waals surface area contributed by atoms with Crippen LogP contribution in [-0.2, 0) is 98.4 Å². The largest absolute Gasteiger partial charge is 0.374 e. The predicted molar refractivity (Wildman–Crippen MR) is 276 cm³/mol. The lowest BCUT2D eigenvalue weighted by atomic mass is 9.97. The van der Waals surface area contributed by atoms with E-state index >= 15 is 0 Å². The summed E-state index contributed by atoms with van der Waals surface area (Å²) in [5.74, 6) is 0. The van der Waals surface area contributed by atoms with Crippen LogP contribution in [-0.4, -0.2) is 81.7 Å². The number of methoxy groups -OCH3 is 1. The van der Waals surface area contributed by atoms with Crippen LogP contribution in [0.2, 0.25) is 0 Å². The lowest BCUT2D eigenvalue weighted by molar-refractivity contribution is -0.350. The van der Waals surface area contributed by atoms with Crippen LogP contribution in [0.25, 0.3) is 0 Å². The van der Waals surface area contributed by atoms with Crippen molar-refractivity contribution in [2.24, 2.45) is 0 Å². The van der Waals surface area contributed by atoms with Crippen molar-refractivity contribution in [1.82, 2.24) is 0 Å². The smallest absolute Gasteiger partial charge is 0.187 e. The summed E-state index contributed by atoms with van der Waals surface area (Å²) in [6, 6.07) is 70.4. The van der Waals surface area contributed by atoms with Crippen molar-refractivity contribution in [2.45, 2.75) is 108 Å². The minimum absolute atomic E-state index is 0.0697. The van der Waals surface area contributed by atoms with Crippen molar-refractivity contribution in [3.05, 3.63) is 251 Å². The molecule has 0 spiro atoms. The quantitative estimate of drug-likeness (QED) is 0.0547. The first-order valence-electron chi connectivity index (χ1n) is 25.2. The summed E-state index contributed by atoms with van der Waals surface area (Å²) in [4.78, 5) is 0. The zero-order valence-electron chi connectivity index (χ0n) is 41.3. The van der Waals surface area contributed by atoms with Crippen LogP contribution in [0.5, 0.6) is 0 Å². The van der Waals surface area contributed by atoms with Crippen molar-refractivity contribution in [3.63, 3.8) is 0 Å². The van der Waals surface area contributed by atoms with Gasteiger partial charge < -0.3 is 52.1 Å². The Morgan fingerprint density at radius 1 is 0.342 bits per heavy atom. The average molecular weight is 987 g/mol. The highest BCUT2D eigenvalue weighted by Crippen LogP contribution is 2.36. The molecule has 2 aliphatic rings. The van der Waals surface area contributed by atoms with Gasteiger partial charge in [0.2, 0.25) is 0 Å². The van der Waals surface area contributed by atoms with E-state index in [2.05, 4.69) is 0 Å². The van der Waals surface area contributed by atoms with Crippen LogP contribution in [0.15, 0.2) is 212 Å². The molecule has 7 aromatic rings. The fourth-order valence-corrected chi connectivity index (χ4v) is 9.12. The third-order valence-electron chi connectivity index (χ3n) is 12.9. The molecule has 0 aliphatic carbocycles. The summed E-state index contributed by atoms with van der Waals surface area (Å²) in [5.41, 5.74) is 6.91. The average Bonchev–Trinajstić information content (AvgIpc) is 3.59. The maximum atomic E-state index is 7.51. The molecule has 380 valence electrons. The fourth-order valence-electron chi connectivity index (χ4n) is 9.12. The first-order chi connectivity index (χ1) is 36.2. The van der Waals surface area contributed by atoms with Crippen LogP contribution < -0.4 is 0 Å². The Hall–Kier alpha value is -5.90. The van der Waals surface area contributed by atoms with E-state index in [4.69, 9.17) is 52.1 Å². The second-order valence-electron chi connectivity index (χ2n) is 18.2. The van der Waals surface area contributed by atoms with Gasteiger partial charge in [-0.05, 0) is 38.9 Å². The third kappa shape index (κ3) is 15.3.